The van der Waals surface area contributed by atoms with Gasteiger partial charge in [-0.3, -0.25) is 19.8 Å². The van der Waals surface area contributed by atoms with Crippen molar-refractivity contribution in [2.75, 3.05) is 11.4 Å². The van der Waals surface area contributed by atoms with Crippen LogP contribution in [0.15, 0.2) is 24.3 Å². The summed E-state index contributed by atoms with van der Waals surface area (Å²) in [6.07, 6.45) is 0.994. The molecule has 0 saturated carbocycles. The van der Waals surface area contributed by atoms with E-state index in [1.165, 1.54) is 4.90 Å². The molecule has 1 aliphatic rings. The second-order valence-electron chi connectivity index (χ2n) is 3.47. The molecule has 5 nitrogen and oxygen atoms in total. The largest absolute Gasteiger partial charge is 0.328 e. The van der Waals surface area contributed by atoms with Gasteiger partial charge in [0.25, 0.3) is 0 Å². The van der Waals surface area contributed by atoms with E-state index in [0.717, 1.165) is 6.29 Å². The first-order chi connectivity index (χ1) is 7.70. The van der Waals surface area contributed by atoms with Gasteiger partial charge < -0.3 is 0 Å². The molecule has 1 heterocycles. The van der Waals surface area contributed by atoms with E-state index < -0.39 is 6.03 Å². The number of carbonyl (C=O) groups excluding carboxylic acids is 3. The Morgan fingerprint density at radius 3 is 2.81 bits per heavy atom. The van der Waals surface area contributed by atoms with Crippen LogP contribution in [0.2, 0.25) is 0 Å². The quantitative estimate of drug-likeness (QED) is 0.751. The maximum Gasteiger partial charge on any atom is 0.328 e. The molecule has 5 heteroatoms. The van der Waals surface area contributed by atoms with Gasteiger partial charge in [-0.15, -0.1) is 0 Å². The summed E-state index contributed by atoms with van der Waals surface area (Å²) in [5.41, 5.74) is 1.12. The number of nitrogens with one attached hydrogen (secondary N) is 1. The summed E-state index contributed by atoms with van der Waals surface area (Å²) in [5, 5.41) is 2.23. The van der Waals surface area contributed by atoms with E-state index in [4.69, 9.17) is 0 Å². The van der Waals surface area contributed by atoms with E-state index >= 15 is 0 Å². The Hall–Kier alpha value is -2.17. The van der Waals surface area contributed by atoms with Crippen molar-refractivity contribution >= 4 is 23.9 Å². The molecule has 1 aromatic carbocycles. The van der Waals surface area contributed by atoms with Crippen molar-refractivity contribution in [3.8, 4) is 0 Å². The standard InChI is InChI=1S/C11H10N2O3/c14-7-8-2-1-3-9(6-8)13-5-4-10(15)12-11(13)16/h1-3,6-7H,4-5H2,(H,12,15,16). The van der Waals surface area contributed by atoms with Crippen molar-refractivity contribution in [2.45, 2.75) is 6.42 Å². The van der Waals surface area contributed by atoms with Gasteiger partial charge in [0, 0.05) is 24.2 Å². The van der Waals surface area contributed by atoms with E-state index in [1.807, 2.05) is 0 Å². The van der Waals surface area contributed by atoms with Crippen LogP contribution in [0.3, 0.4) is 0 Å². The van der Waals surface area contributed by atoms with Gasteiger partial charge in [-0.1, -0.05) is 12.1 Å². The Bertz CT molecular complexity index is 456. The minimum absolute atomic E-state index is 0.271. The highest BCUT2D eigenvalue weighted by molar-refractivity contribution is 6.05. The van der Waals surface area contributed by atoms with Gasteiger partial charge >= 0.3 is 6.03 Å². The lowest BCUT2D eigenvalue weighted by Gasteiger charge is -2.26. The van der Waals surface area contributed by atoms with Crippen LogP contribution in [0.25, 0.3) is 0 Å². The summed E-state index contributed by atoms with van der Waals surface area (Å²) in [6, 6.07) is 6.25. The van der Waals surface area contributed by atoms with E-state index in [9.17, 15) is 14.4 Å². The number of hydrogen-bond donors (Lipinski definition) is 1. The predicted octanol–water partition coefficient (Wildman–Crippen LogP) is 0.945. The minimum atomic E-state index is -0.445. The number of nitrogens with zero attached hydrogens (tertiary/aromatic N) is 1. The lowest BCUT2D eigenvalue weighted by molar-refractivity contribution is -0.120. The molecule has 1 saturated heterocycles. The topological polar surface area (TPSA) is 66.5 Å². The van der Waals surface area contributed by atoms with Crippen molar-refractivity contribution in [3.05, 3.63) is 29.8 Å². The van der Waals surface area contributed by atoms with Gasteiger partial charge in [-0.05, 0) is 12.1 Å². The van der Waals surface area contributed by atoms with Gasteiger partial charge in [-0.25, -0.2) is 4.79 Å². The molecule has 0 atom stereocenters. The number of rotatable bonds is 2. The molecule has 1 N–H and O–H groups in total. The molecule has 0 spiro atoms. The first-order valence-corrected chi connectivity index (χ1v) is 4.87. The smallest absolute Gasteiger partial charge is 0.298 e. The van der Waals surface area contributed by atoms with Crippen molar-refractivity contribution in [3.63, 3.8) is 0 Å². The lowest BCUT2D eigenvalue weighted by atomic mass is 10.2. The van der Waals surface area contributed by atoms with Crippen molar-refractivity contribution in [1.29, 1.82) is 0 Å². The van der Waals surface area contributed by atoms with E-state index in [-0.39, 0.29) is 12.3 Å². The van der Waals surface area contributed by atoms with Crippen LogP contribution in [0, 0.1) is 0 Å². The fraction of sp³-hybridized carbons (Fsp3) is 0.182. The molecule has 0 bridgehead atoms. The summed E-state index contributed by atoms with van der Waals surface area (Å²) in [7, 11) is 0. The molecular formula is C11H10N2O3. The number of aldehydes is 1. The molecule has 0 aliphatic carbocycles. The number of benzene rings is 1. The molecule has 3 amide bonds. The summed E-state index contributed by atoms with van der Waals surface area (Å²) in [4.78, 5) is 34.5. The highest BCUT2D eigenvalue weighted by atomic mass is 16.2. The Labute approximate surface area is 92.0 Å². The molecular weight excluding hydrogens is 208 g/mol. The number of anilines is 1. The van der Waals surface area contributed by atoms with E-state index in [2.05, 4.69) is 5.32 Å². The molecule has 16 heavy (non-hydrogen) atoms. The van der Waals surface area contributed by atoms with Crippen LogP contribution < -0.4 is 10.2 Å². The van der Waals surface area contributed by atoms with Crippen LogP contribution in [0.5, 0.6) is 0 Å². The van der Waals surface area contributed by atoms with Crippen molar-refractivity contribution < 1.29 is 14.4 Å². The summed E-state index contributed by atoms with van der Waals surface area (Å²) >= 11 is 0. The van der Waals surface area contributed by atoms with Crippen LogP contribution in [-0.2, 0) is 4.79 Å². The second kappa shape index (κ2) is 4.14. The summed E-state index contributed by atoms with van der Waals surface area (Å²) in [6.45, 7) is 0.340. The van der Waals surface area contributed by atoms with Crippen LogP contribution in [-0.4, -0.2) is 24.8 Å². The number of amides is 3. The van der Waals surface area contributed by atoms with Crippen LogP contribution in [0.1, 0.15) is 16.8 Å². The number of urea groups is 1. The highest BCUT2D eigenvalue weighted by Gasteiger charge is 2.23. The number of hydrogen-bond acceptors (Lipinski definition) is 3. The van der Waals surface area contributed by atoms with Gasteiger partial charge in [0.15, 0.2) is 0 Å². The predicted molar refractivity (Wildman–Crippen MR) is 57.3 cm³/mol. The zero-order valence-corrected chi connectivity index (χ0v) is 8.47. The average molecular weight is 218 g/mol. The Morgan fingerprint density at radius 1 is 1.31 bits per heavy atom. The monoisotopic (exact) mass is 218 g/mol. The molecule has 0 radical (unpaired) electrons. The molecule has 1 aliphatic heterocycles. The fourth-order valence-corrected chi connectivity index (χ4v) is 1.58. The molecule has 2 rings (SSSR count). The third-order valence-corrected chi connectivity index (χ3v) is 2.37. The van der Waals surface area contributed by atoms with Crippen molar-refractivity contribution in [2.24, 2.45) is 0 Å². The van der Waals surface area contributed by atoms with Crippen LogP contribution >= 0.6 is 0 Å². The maximum atomic E-state index is 11.5. The Morgan fingerprint density at radius 2 is 2.12 bits per heavy atom. The van der Waals surface area contributed by atoms with E-state index in [0.29, 0.717) is 17.8 Å². The lowest BCUT2D eigenvalue weighted by Crippen LogP contribution is -2.49. The fourth-order valence-electron chi connectivity index (χ4n) is 1.58. The SMILES string of the molecule is O=Cc1cccc(N2CCC(=O)NC2=O)c1. The maximum absolute atomic E-state index is 11.5. The molecule has 1 fully saturated rings. The molecule has 0 aromatic heterocycles. The Balaban J connectivity index is 2.26. The van der Waals surface area contributed by atoms with Crippen molar-refractivity contribution in [1.82, 2.24) is 5.32 Å². The summed E-state index contributed by atoms with van der Waals surface area (Å²) in [5.74, 6) is -0.271. The van der Waals surface area contributed by atoms with Gasteiger partial charge in [0.1, 0.15) is 6.29 Å². The average Bonchev–Trinajstić information content (AvgIpc) is 2.29. The van der Waals surface area contributed by atoms with Gasteiger partial charge in [0.05, 0.1) is 0 Å². The normalized spacial score (nSPS) is 15.9. The first kappa shape index (κ1) is 10.4. The third kappa shape index (κ3) is 1.93. The number of carbonyl (C=O) groups is 3. The van der Waals surface area contributed by atoms with Crippen LogP contribution in [0.4, 0.5) is 10.5 Å². The van der Waals surface area contributed by atoms with Gasteiger partial charge in [0.2, 0.25) is 5.91 Å². The highest BCUT2D eigenvalue weighted by Crippen LogP contribution is 2.17. The molecule has 1 aromatic rings. The first-order valence-electron chi connectivity index (χ1n) is 4.87. The van der Waals surface area contributed by atoms with Gasteiger partial charge in [-0.2, -0.15) is 0 Å². The zero-order valence-electron chi connectivity index (χ0n) is 8.47. The Kier molecular flexibility index (Phi) is 2.68. The molecule has 82 valence electrons. The summed E-state index contributed by atoms with van der Waals surface area (Å²) < 4.78 is 0. The number of imide groups is 1. The second-order valence-corrected chi connectivity index (χ2v) is 3.47. The molecule has 0 unspecified atom stereocenters. The zero-order chi connectivity index (χ0) is 11.5. The third-order valence-electron chi connectivity index (χ3n) is 2.37. The van der Waals surface area contributed by atoms with E-state index in [1.54, 1.807) is 24.3 Å². The minimum Gasteiger partial charge on any atom is -0.298 e.